The quantitative estimate of drug-likeness (QED) is 0.486. The molecule has 0 amide bonds. The maximum absolute atomic E-state index is 12.4. The van der Waals surface area contributed by atoms with Crippen LogP contribution in [0.3, 0.4) is 0 Å². The fourth-order valence-corrected chi connectivity index (χ4v) is 5.08. The molecule has 0 saturated carbocycles. The molecule has 1 N–H and O–H groups in total. The summed E-state index contributed by atoms with van der Waals surface area (Å²) >= 11 is 5.53. The van der Waals surface area contributed by atoms with E-state index in [1.54, 1.807) is 19.2 Å². The zero-order chi connectivity index (χ0) is 19.1. The lowest BCUT2D eigenvalue weighted by atomic mass is 9.94. The summed E-state index contributed by atoms with van der Waals surface area (Å²) in [6.45, 7) is 4.15. The van der Waals surface area contributed by atoms with Gasteiger partial charge in [-0.2, -0.15) is 0 Å². The molecule has 1 aromatic carbocycles. The molecule has 0 saturated heterocycles. The second-order valence-corrected chi connectivity index (χ2v) is 8.45. The summed E-state index contributed by atoms with van der Waals surface area (Å²) in [4.78, 5) is 17.9. The molecule has 9 heteroatoms. The predicted octanol–water partition coefficient (Wildman–Crippen LogP) is 1.80. The largest absolute Gasteiger partial charge is 0.399 e. The number of thiocarbonyl (C=S) groups is 1. The maximum Gasteiger partial charge on any atom is 0.275 e. The lowest BCUT2D eigenvalue weighted by Crippen LogP contribution is -2.25. The molecule has 0 spiro atoms. The number of aromatic nitrogens is 2. The van der Waals surface area contributed by atoms with E-state index in [-0.39, 0.29) is 22.6 Å². The number of nitrogens with one attached hydrogen (secondary N) is 1. The Kier molecular flexibility index (Phi) is 4.85. The lowest BCUT2D eigenvalue weighted by molar-refractivity contribution is 0.213. The van der Waals surface area contributed by atoms with Crippen molar-refractivity contribution < 1.29 is 13.3 Å². The van der Waals surface area contributed by atoms with Gasteiger partial charge in [0.2, 0.25) is 0 Å². The topological polar surface area (TPSA) is 93.5 Å². The van der Waals surface area contributed by atoms with Gasteiger partial charge in [0, 0.05) is 24.7 Å². The van der Waals surface area contributed by atoms with Crippen LogP contribution in [0.15, 0.2) is 33.2 Å². The number of oxime groups is 1. The summed E-state index contributed by atoms with van der Waals surface area (Å²) < 4.78 is 26.3. The number of nitrogens with zero attached hydrogens (tertiary/aromatic N) is 2. The molecular weight excluding hydrogens is 374 g/mol. The van der Waals surface area contributed by atoms with Gasteiger partial charge in [-0.15, -0.1) is 0 Å². The van der Waals surface area contributed by atoms with Gasteiger partial charge in [-0.3, -0.25) is 9.48 Å². The van der Waals surface area contributed by atoms with E-state index in [4.69, 9.17) is 17.1 Å². The molecule has 0 fully saturated rings. The molecule has 1 aliphatic rings. The van der Waals surface area contributed by atoms with Crippen LogP contribution in [0.25, 0.3) is 0 Å². The highest BCUT2D eigenvalue weighted by Gasteiger charge is 2.31. The SMILES string of the molecule is CCn1[nH]cc(C(=S)c2ccc3c(c2C)/C(=N/OC)CCS3(=O)=O)c1=O. The molecular formula is C17H19N3O4S2. The first kappa shape index (κ1) is 18.5. The first-order chi connectivity index (χ1) is 12.3. The first-order valence-corrected chi connectivity index (χ1v) is 10.2. The average molecular weight is 393 g/mol. The van der Waals surface area contributed by atoms with E-state index in [9.17, 15) is 13.2 Å². The molecule has 1 aromatic heterocycles. The molecule has 2 aromatic rings. The standard InChI is InChI=1S/C17H19N3O4S2/c1-4-20-17(21)12(9-18-20)16(25)11-5-6-14-15(10(11)2)13(19-24-3)7-8-26(14,22)23/h5-6,9,18H,4,7-8H2,1-3H3/b19-13+. The second kappa shape index (κ2) is 6.81. The van der Waals surface area contributed by atoms with Gasteiger partial charge in [-0.1, -0.05) is 23.4 Å². The Morgan fingerprint density at radius 3 is 2.73 bits per heavy atom. The zero-order valence-electron chi connectivity index (χ0n) is 14.7. The van der Waals surface area contributed by atoms with Gasteiger partial charge in [0.25, 0.3) is 5.56 Å². The summed E-state index contributed by atoms with van der Waals surface area (Å²) in [6.07, 6.45) is 1.85. The van der Waals surface area contributed by atoms with Crippen molar-refractivity contribution in [3.8, 4) is 0 Å². The van der Waals surface area contributed by atoms with Crippen LogP contribution in [0.1, 0.15) is 35.6 Å². The number of sulfone groups is 1. The summed E-state index contributed by atoms with van der Waals surface area (Å²) in [6, 6.07) is 3.20. The van der Waals surface area contributed by atoms with Crippen LogP contribution in [-0.4, -0.2) is 41.6 Å². The van der Waals surface area contributed by atoms with Gasteiger partial charge in [-0.25, -0.2) is 8.42 Å². The summed E-state index contributed by atoms with van der Waals surface area (Å²) in [5.41, 5.74) is 2.58. The van der Waals surface area contributed by atoms with E-state index in [1.165, 1.54) is 17.9 Å². The summed E-state index contributed by atoms with van der Waals surface area (Å²) in [7, 11) is -1.96. The Hall–Kier alpha value is -2.26. The minimum absolute atomic E-state index is 0.00948. The van der Waals surface area contributed by atoms with Crippen LogP contribution in [0.2, 0.25) is 0 Å². The molecule has 3 rings (SSSR count). The van der Waals surface area contributed by atoms with Crippen LogP contribution in [0, 0.1) is 6.92 Å². The minimum atomic E-state index is -3.38. The number of aryl methyl sites for hydroxylation is 1. The number of hydrogen-bond acceptors (Lipinski definition) is 6. The molecule has 0 bridgehead atoms. The third-order valence-corrected chi connectivity index (χ3v) is 6.70. The van der Waals surface area contributed by atoms with E-state index in [1.807, 2.05) is 6.92 Å². The van der Waals surface area contributed by atoms with Crippen molar-refractivity contribution in [2.24, 2.45) is 5.16 Å². The predicted molar refractivity (Wildman–Crippen MR) is 103 cm³/mol. The highest BCUT2D eigenvalue weighted by Crippen LogP contribution is 2.31. The number of benzene rings is 1. The highest BCUT2D eigenvalue weighted by molar-refractivity contribution is 7.91. The molecule has 1 aliphatic heterocycles. The van der Waals surface area contributed by atoms with Gasteiger partial charge in [0.15, 0.2) is 9.84 Å². The fourth-order valence-electron chi connectivity index (χ4n) is 3.17. The van der Waals surface area contributed by atoms with Crippen molar-refractivity contribution in [1.29, 1.82) is 0 Å². The van der Waals surface area contributed by atoms with Crippen molar-refractivity contribution in [2.75, 3.05) is 12.9 Å². The number of hydrogen-bond donors (Lipinski definition) is 1. The van der Waals surface area contributed by atoms with E-state index in [0.717, 1.165) is 0 Å². The Morgan fingerprint density at radius 2 is 2.12 bits per heavy atom. The highest BCUT2D eigenvalue weighted by atomic mass is 32.2. The third-order valence-electron chi connectivity index (χ3n) is 4.51. The molecule has 0 atom stereocenters. The smallest absolute Gasteiger partial charge is 0.275 e. The molecule has 2 heterocycles. The van der Waals surface area contributed by atoms with Crippen molar-refractivity contribution in [1.82, 2.24) is 9.78 Å². The second-order valence-electron chi connectivity index (χ2n) is 5.97. The Morgan fingerprint density at radius 1 is 1.38 bits per heavy atom. The lowest BCUT2D eigenvalue weighted by Gasteiger charge is -2.21. The van der Waals surface area contributed by atoms with Gasteiger partial charge >= 0.3 is 0 Å². The van der Waals surface area contributed by atoms with Crippen LogP contribution in [0.4, 0.5) is 0 Å². The normalized spacial score (nSPS) is 17.1. The van der Waals surface area contributed by atoms with E-state index in [2.05, 4.69) is 10.3 Å². The van der Waals surface area contributed by atoms with Crippen molar-refractivity contribution >= 4 is 32.6 Å². The number of rotatable bonds is 4. The molecule has 0 radical (unpaired) electrons. The number of fused-ring (bicyclic) bond motifs is 1. The number of aromatic amines is 1. The van der Waals surface area contributed by atoms with Gasteiger partial charge in [-0.05, 0) is 31.0 Å². The van der Waals surface area contributed by atoms with Gasteiger partial charge in [0.1, 0.15) is 7.11 Å². The fraction of sp³-hybridized carbons (Fsp3) is 0.353. The Bertz CT molecular complexity index is 1080. The van der Waals surface area contributed by atoms with Crippen molar-refractivity contribution in [2.45, 2.75) is 31.7 Å². The van der Waals surface area contributed by atoms with E-state index in [0.29, 0.717) is 39.4 Å². The van der Waals surface area contributed by atoms with Crippen LogP contribution in [0.5, 0.6) is 0 Å². The van der Waals surface area contributed by atoms with Crippen LogP contribution in [-0.2, 0) is 21.2 Å². The average Bonchev–Trinajstić information content (AvgIpc) is 2.98. The molecule has 7 nitrogen and oxygen atoms in total. The summed E-state index contributed by atoms with van der Waals surface area (Å²) in [5, 5.41) is 6.87. The zero-order valence-corrected chi connectivity index (χ0v) is 16.3. The van der Waals surface area contributed by atoms with E-state index >= 15 is 0 Å². The summed E-state index contributed by atoms with van der Waals surface area (Å²) in [5.74, 6) is -0.00948. The van der Waals surface area contributed by atoms with E-state index < -0.39 is 9.84 Å². The van der Waals surface area contributed by atoms with Gasteiger partial charge in [0.05, 0.1) is 26.8 Å². The van der Waals surface area contributed by atoms with Crippen molar-refractivity contribution in [3.63, 3.8) is 0 Å². The minimum Gasteiger partial charge on any atom is -0.399 e. The molecule has 26 heavy (non-hydrogen) atoms. The maximum atomic E-state index is 12.4. The van der Waals surface area contributed by atoms with Crippen LogP contribution < -0.4 is 5.56 Å². The Labute approximate surface area is 156 Å². The number of H-pyrrole nitrogens is 1. The van der Waals surface area contributed by atoms with Gasteiger partial charge < -0.3 is 9.94 Å². The molecule has 138 valence electrons. The monoisotopic (exact) mass is 393 g/mol. The van der Waals surface area contributed by atoms with Crippen LogP contribution >= 0.6 is 12.2 Å². The first-order valence-electron chi connectivity index (χ1n) is 8.11. The molecule has 0 aliphatic carbocycles. The van der Waals surface area contributed by atoms with Crippen molar-refractivity contribution in [3.05, 3.63) is 50.9 Å². The Balaban J connectivity index is 2.21. The molecule has 0 unspecified atom stereocenters. The third kappa shape index (κ3) is 2.90.